The minimum atomic E-state index is -0.524. The van der Waals surface area contributed by atoms with Gasteiger partial charge in [-0.05, 0) is 55.2 Å². The van der Waals surface area contributed by atoms with Crippen LogP contribution in [0.15, 0.2) is 48.5 Å². The second kappa shape index (κ2) is 8.74. The van der Waals surface area contributed by atoms with Crippen LogP contribution in [0.25, 0.3) is 0 Å². The zero-order valence-corrected chi connectivity index (χ0v) is 15.1. The summed E-state index contributed by atoms with van der Waals surface area (Å²) in [5, 5.41) is 3.67. The van der Waals surface area contributed by atoms with E-state index in [-0.39, 0.29) is 11.9 Å². The van der Waals surface area contributed by atoms with E-state index in [1.165, 1.54) is 5.56 Å². The smallest absolute Gasteiger partial charge is 0.261 e. The van der Waals surface area contributed by atoms with Crippen molar-refractivity contribution >= 4 is 17.5 Å². The van der Waals surface area contributed by atoms with Gasteiger partial charge in [0.2, 0.25) is 0 Å². The lowest BCUT2D eigenvalue weighted by molar-refractivity contribution is -0.128. The summed E-state index contributed by atoms with van der Waals surface area (Å²) in [5.74, 6) is 0.529. The maximum Gasteiger partial charge on any atom is 0.261 e. The van der Waals surface area contributed by atoms with Gasteiger partial charge in [-0.3, -0.25) is 4.79 Å². The average Bonchev–Trinajstić information content (AvgIpc) is 2.61. The lowest BCUT2D eigenvalue weighted by Crippen LogP contribution is -2.39. The standard InChI is InChI=1S/C20H24ClNO2/c1-4-15-6-8-16(9-7-15)14(3)22-20(23)19(5-2)24-18-12-10-17(21)11-13-18/h6-14,19H,4-5H2,1-3H3,(H,22,23)/t14-,19-/m0/s1. The first-order valence-electron chi connectivity index (χ1n) is 8.35. The molecule has 3 nitrogen and oxygen atoms in total. The summed E-state index contributed by atoms with van der Waals surface area (Å²) < 4.78 is 5.78. The van der Waals surface area contributed by atoms with E-state index in [1.807, 2.05) is 13.8 Å². The third-order valence-electron chi connectivity index (χ3n) is 4.00. The maximum atomic E-state index is 12.5. The number of amides is 1. The quantitative estimate of drug-likeness (QED) is 0.772. The molecular formula is C20H24ClNO2. The van der Waals surface area contributed by atoms with Crippen LogP contribution in [0.1, 0.15) is 44.4 Å². The van der Waals surface area contributed by atoms with Crippen LogP contribution in [0.3, 0.4) is 0 Å². The molecule has 2 atom stereocenters. The highest BCUT2D eigenvalue weighted by atomic mass is 35.5. The topological polar surface area (TPSA) is 38.3 Å². The molecule has 0 saturated heterocycles. The zero-order chi connectivity index (χ0) is 17.5. The molecule has 24 heavy (non-hydrogen) atoms. The van der Waals surface area contributed by atoms with Gasteiger partial charge >= 0.3 is 0 Å². The van der Waals surface area contributed by atoms with Gasteiger partial charge in [-0.2, -0.15) is 0 Å². The Labute approximate surface area is 149 Å². The largest absolute Gasteiger partial charge is 0.481 e. The van der Waals surface area contributed by atoms with Gasteiger partial charge in [-0.25, -0.2) is 0 Å². The molecule has 0 aliphatic rings. The van der Waals surface area contributed by atoms with Gasteiger partial charge < -0.3 is 10.1 Å². The molecule has 1 amide bonds. The minimum absolute atomic E-state index is 0.0636. The van der Waals surface area contributed by atoms with Crippen molar-refractivity contribution in [3.63, 3.8) is 0 Å². The summed E-state index contributed by atoms with van der Waals surface area (Å²) in [4.78, 5) is 12.5. The van der Waals surface area contributed by atoms with E-state index in [1.54, 1.807) is 24.3 Å². The second-order valence-electron chi connectivity index (χ2n) is 5.79. The van der Waals surface area contributed by atoms with E-state index >= 15 is 0 Å². The molecule has 0 saturated carbocycles. The molecule has 2 aromatic carbocycles. The Balaban J connectivity index is 1.98. The normalized spacial score (nSPS) is 13.2. The molecule has 1 N–H and O–H groups in total. The van der Waals surface area contributed by atoms with Crippen LogP contribution >= 0.6 is 11.6 Å². The fourth-order valence-corrected chi connectivity index (χ4v) is 2.56. The molecule has 128 valence electrons. The van der Waals surface area contributed by atoms with E-state index in [4.69, 9.17) is 16.3 Å². The van der Waals surface area contributed by atoms with Crippen LogP contribution in [0, 0.1) is 0 Å². The highest BCUT2D eigenvalue weighted by Gasteiger charge is 2.20. The molecule has 2 rings (SSSR count). The SMILES string of the molecule is CCc1ccc([C@H](C)NC(=O)[C@H](CC)Oc2ccc(Cl)cc2)cc1. The summed E-state index contributed by atoms with van der Waals surface area (Å²) in [6, 6.07) is 15.3. The predicted molar refractivity (Wildman–Crippen MR) is 98.5 cm³/mol. The Bertz CT molecular complexity index is 652. The number of hydrogen-bond donors (Lipinski definition) is 1. The number of nitrogens with one attached hydrogen (secondary N) is 1. The summed E-state index contributed by atoms with van der Waals surface area (Å²) in [6.07, 6.45) is 1.08. The van der Waals surface area contributed by atoms with Crippen molar-refractivity contribution in [3.05, 3.63) is 64.7 Å². The summed E-state index contributed by atoms with van der Waals surface area (Å²) in [7, 11) is 0. The van der Waals surface area contributed by atoms with Crippen molar-refractivity contribution in [2.75, 3.05) is 0 Å². The Morgan fingerprint density at radius 2 is 1.71 bits per heavy atom. The molecule has 0 bridgehead atoms. The molecule has 0 radical (unpaired) electrons. The fraction of sp³-hybridized carbons (Fsp3) is 0.350. The van der Waals surface area contributed by atoms with Crippen LogP contribution in [0.2, 0.25) is 5.02 Å². The molecule has 2 aromatic rings. The Morgan fingerprint density at radius 1 is 1.08 bits per heavy atom. The van der Waals surface area contributed by atoms with Crippen LogP contribution in [-0.4, -0.2) is 12.0 Å². The molecule has 0 aliphatic heterocycles. The lowest BCUT2D eigenvalue weighted by Gasteiger charge is -2.21. The fourth-order valence-electron chi connectivity index (χ4n) is 2.43. The summed E-state index contributed by atoms with van der Waals surface area (Å²) in [5.41, 5.74) is 2.37. The molecular weight excluding hydrogens is 322 g/mol. The summed E-state index contributed by atoms with van der Waals surface area (Å²) in [6.45, 7) is 6.04. The third-order valence-corrected chi connectivity index (χ3v) is 4.25. The van der Waals surface area contributed by atoms with Crippen LogP contribution < -0.4 is 10.1 Å². The third kappa shape index (κ3) is 5.00. The average molecular weight is 346 g/mol. The molecule has 0 heterocycles. The first-order valence-corrected chi connectivity index (χ1v) is 8.72. The number of hydrogen-bond acceptors (Lipinski definition) is 2. The van der Waals surface area contributed by atoms with Crippen molar-refractivity contribution in [1.29, 1.82) is 0 Å². The molecule has 0 unspecified atom stereocenters. The lowest BCUT2D eigenvalue weighted by atomic mass is 10.0. The zero-order valence-electron chi connectivity index (χ0n) is 14.4. The van der Waals surface area contributed by atoms with Gasteiger partial charge in [0.05, 0.1) is 6.04 Å². The van der Waals surface area contributed by atoms with E-state index in [0.717, 1.165) is 12.0 Å². The van der Waals surface area contributed by atoms with Crippen molar-refractivity contribution < 1.29 is 9.53 Å². The van der Waals surface area contributed by atoms with Gasteiger partial charge in [0, 0.05) is 5.02 Å². The van der Waals surface area contributed by atoms with E-state index in [9.17, 15) is 4.79 Å². The molecule has 0 fully saturated rings. The minimum Gasteiger partial charge on any atom is -0.481 e. The number of halogens is 1. The number of benzene rings is 2. The van der Waals surface area contributed by atoms with Gasteiger partial charge in [0.15, 0.2) is 6.10 Å². The number of ether oxygens (including phenoxy) is 1. The molecule has 0 aliphatic carbocycles. The Morgan fingerprint density at radius 3 is 2.25 bits per heavy atom. The molecule has 0 aromatic heterocycles. The second-order valence-corrected chi connectivity index (χ2v) is 6.23. The highest BCUT2D eigenvalue weighted by molar-refractivity contribution is 6.30. The Kier molecular flexibility index (Phi) is 6.68. The van der Waals surface area contributed by atoms with Gasteiger partial charge in [0.25, 0.3) is 5.91 Å². The van der Waals surface area contributed by atoms with Crippen LogP contribution in [0.5, 0.6) is 5.75 Å². The van der Waals surface area contributed by atoms with Crippen LogP contribution in [0.4, 0.5) is 0 Å². The maximum absolute atomic E-state index is 12.5. The van der Waals surface area contributed by atoms with E-state index in [2.05, 4.69) is 36.5 Å². The van der Waals surface area contributed by atoms with Crippen molar-refractivity contribution in [2.45, 2.75) is 45.8 Å². The molecule has 4 heteroatoms. The highest BCUT2D eigenvalue weighted by Crippen LogP contribution is 2.19. The number of carbonyl (C=O) groups excluding carboxylic acids is 1. The monoisotopic (exact) mass is 345 g/mol. The first-order chi connectivity index (χ1) is 11.5. The first kappa shape index (κ1) is 18.3. The number of rotatable bonds is 7. The van der Waals surface area contributed by atoms with Gasteiger partial charge in [-0.15, -0.1) is 0 Å². The molecule has 0 spiro atoms. The van der Waals surface area contributed by atoms with Crippen LogP contribution in [-0.2, 0) is 11.2 Å². The predicted octanol–water partition coefficient (Wildman–Crippen LogP) is 4.94. The van der Waals surface area contributed by atoms with Crippen molar-refractivity contribution in [1.82, 2.24) is 5.32 Å². The van der Waals surface area contributed by atoms with Gasteiger partial charge in [0.1, 0.15) is 5.75 Å². The number of aryl methyl sites for hydroxylation is 1. The number of carbonyl (C=O) groups is 1. The van der Waals surface area contributed by atoms with Crippen molar-refractivity contribution in [2.24, 2.45) is 0 Å². The summed E-state index contributed by atoms with van der Waals surface area (Å²) >= 11 is 5.87. The van der Waals surface area contributed by atoms with Crippen molar-refractivity contribution in [3.8, 4) is 5.75 Å². The van der Waals surface area contributed by atoms with E-state index in [0.29, 0.717) is 17.2 Å². The Hall–Kier alpha value is -2.00. The van der Waals surface area contributed by atoms with E-state index < -0.39 is 6.10 Å². The van der Waals surface area contributed by atoms with Gasteiger partial charge in [-0.1, -0.05) is 49.7 Å².